The summed E-state index contributed by atoms with van der Waals surface area (Å²) in [7, 11) is 0. The van der Waals surface area contributed by atoms with Gasteiger partial charge in [0.1, 0.15) is 0 Å². The van der Waals surface area contributed by atoms with Gasteiger partial charge in [-0.15, -0.1) is 0 Å². The summed E-state index contributed by atoms with van der Waals surface area (Å²) in [5.74, 6) is -4.37. The van der Waals surface area contributed by atoms with Crippen molar-refractivity contribution >= 4 is 11.9 Å². The molecule has 0 bridgehead atoms. The first-order chi connectivity index (χ1) is 2.64. The Morgan fingerprint density at radius 1 is 1.00 bits per heavy atom. The molecule has 0 rings (SSSR count). The average molecular weight is 320 g/mol. The van der Waals surface area contributed by atoms with E-state index in [4.69, 9.17) is 19.8 Å². The van der Waals surface area contributed by atoms with E-state index in [2.05, 4.69) is 0 Å². The van der Waals surface area contributed by atoms with Crippen LogP contribution >= 0.6 is 0 Å². The third-order valence-electron chi connectivity index (χ3n) is 0.167. The maximum atomic E-state index is 8.93. The summed E-state index contributed by atoms with van der Waals surface area (Å²) in [6, 6.07) is 0. The van der Waals surface area contributed by atoms with Crippen LogP contribution in [0, 0.1) is 39.9 Å². The molecule has 0 amide bonds. The van der Waals surface area contributed by atoms with Gasteiger partial charge in [-0.05, 0) is 0 Å². The van der Waals surface area contributed by atoms with Gasteiger partial charge in [-0.3, -0.25) is 0 Å². The van der Waals surface area contributed by atoms with Crippen molar-refractivity contribution in [2.45, 2.75) is 0 Å². The van der Waals surface area contributed by atoms with Crippen LogP contribution in [-0.4, -0.2) is 11.9 Å². The van der Waals surface area contributed by atoms with E-state index >= 15 is 0 Å². The van der Waals surface area contributed by atoms with Gasteiger partial charge in [-0.1, -0.05) is 0 Å². The Bertz CT molecular complexity index is 75.7. The number of carbonyl (C=O) groups is 2. The van der Waals surface area contributed by atoms with Gasteiger partial charge in [0.25, 0.3) is 0 Å². The molecule has 0 aliphatic carbocycles. The van der Waals surface area contributed by atoms with Crippen LogP contribution in [0.5, 0.6) is 0 Å². The Balaban J connectivity index is 0. The van der Waals surface area contributed by atoms with E-state index < -0.39 is 11.9 Å². The second-order valence-corrected chi connectivity index (χ2v) is 0.575. The van der Waals surface area contributed by atoms with Gasteiger partial charge >= 0.3 is 39.9 Å². The van der Waals surface area contributed by atoms with Gasteiger partial charge in [0.15, 0.2) is 0 Å². The molecule has 0 radical (unpaired) electrons. The monoisotopic (exact) mass is 320 g/mol. The first-order valence-corrected chi connectivity index (χ1v) is 1.07. The van der Waals surface area contributed by atoms with Crippen LogP contribution in [0.4, 0.5) is 0 Å². The molecule has 0 aliphatic heterocycles. The number of carbonyl (C=O) groups excluding carboxylic acids is 2. The van der Waals surface area contributed by atoms with Crippen LogP contribution in [0.25, 0.3) is 0 Å². The normalized spacial score (nSPS) is 6.29. The van der Waals surface area contributed by atoms with Gasteiger partial charge in [0, 0.05) is 0 Å². The summed E-state index contributed by atoms with van der Waals surface area (Å²) in [6.45, 7) is 0. The SMILES string of the molecule is O=C([O-])C(=O)[O-].[Th+2]. The van der Waals surface area contributed by atoms with Crippen LogP contribution in [-0.2, 0) is 9.59 Å². The van der Waals surface area contributed by atoms with Crippen molar-refractivity contribution in [3.8, 4) is 0 Å². The molecule has 0 aromatic carbocycles. The summed E-state index contributed by atoms with van der Waals surface area (Å²) >= 11 is 0. The fourth-order valence-corrected chi connectivity index (χ4v) is 0. The van der Waals surface area contributed by atoms with Crippen LogP contribution in [0.15, 0.2) is 0 Å². The number of rotatable bonds is 0. The molecule has 0 aromatic heterocycles. The van der Waals surface area contributed by atoms with E-state index in [1.807, 2.05) is 0 Å². The molecule has 0 fully saturated rings. The second kappa shape index (κ2) is 4.42. The zero-order valence-electron chi connectivity index (χ0n) is 3.13. The smallest absolute Gasteiger partial charge is 0.543 e. The topological polar surface area (TPSA) is 80.3 Å². The Kier molecular flexibility index (Phi) is 6.50. The molecule has 0 heterocycles. The zero-order chi connectivity index (χ0) is 5.15. The molecule has 4 nitrogen and oxygen atoms in total. The maximum absolute atomic E-state index is 8.93. The summed E-state index contributed by atoms with van der Waals surface area (Å²) in [4.78, 5) is 17.9. The van der Waals surface area contributed by atoms with Gasteiger partial charge in [-0.2, -0.15) is 0 Å². The predicted molar refractivity (Wildman–Crippen MR) is 10.0 cm³/mol. The van der Waals surface area contributed by atoms with E-state index in [1.54, 1.807) is 0 Å². The van der Waals surface area contributed by atoms with E-state index in [-0.39, 0.29) is 39.9 Å². The average Bonchev–Trinajstić information content (AvgIpc) is 1.36. The van der Waals surface area contributed by atoms with Crippen molar-refractivity contribution in [3.63, 3.8) is 0 Å². The zero-order valence-corrected chi connectivity index (χ0v) is 7.24. The maximum Gasteiger partial charge on any atom is 2.00 e. The Morgan fingerprint density at radius 2 is 1.14 bits per heavy atom. The number of carboxylic acids is 2. The first-order valence-electron chi connectivity index (χ1n) is 1.07. The first kappa shape index (κ1) is 10.3. The second-order valence-electron chi connectivity index (χ2n) is 0.575. The molecule has 0 unspecified atom stereocenters. The van der Waals surface area contributed by atoms with Crippen LogP contribution in [0.3, 0.4) is 0 Å². The molecular weight excluding hydrogens is 320 g/mol. The summed E-state index contributed by atoms with van der Waals surface area (Å²) < 4.78 is 0. The standard InChI is InChI=1S/C2H2O4.Th/c3-1(4)2(5)6;/h(H,3,4)(H,5,6);/q;+2/p-2. The van der Waals surface area contributed by atoms with Gasteiger partial charge in [-0.25, -0.2) is 0 Å². The summed E-state index contributed by atoms with van der Waals surface area (Å²) in [5.41, 5.74) is 0. The Hall–Kier alpha value is 0.265. The van der Waals surface area contributed by atoms with E-state index in [9.17, 15) is 0 Å². The van der Waals surface area contributed by atoms with Crippen molar-refractivity contribution < 1.29 is 59.7 Å². The molecule has 0 spiro atoms. The number of hydrogen-bond donors (Lipinski definition) is 0. The minimum absolute atomic E-state index is 0. The van der Waals surface area contributed by atoms with Crippen LogP contribution < -0.4 is 10.2 Å². The molecule has 0 saturated heterocycles. The van der Waals surface area contributed by atoms with Crippen molar-refractivity contribution in [2.75, 3.05) is 0 Å². The largest absolute Gasteiger partial charge is 2.00 e. The van der Waals surface area contributed by atoms with E-state index in [0.717, 1.165) is 0 Å². The van der Waals surface area contributed by atoms with E-state index in [0.29, 0.717) is 0 Å². The molecular formula is C2O4Th. The van der Waals surface area contributed by atoms with Crippen molar-refractivity contribution in [3.05, 3.63) is 0 Å². The molecule has 7 heavy (non-hydrogen) atoms. The molecule has 0 saturated carbocycles. The number of carboxylic acid groups (broad SMARTS) is 2. The van der Waals surface area contributed by atoms with Gasteiger partial charge in [0.2, 0.25) is 0 Å². The third kappa shape index (κ3) is 6.26. The summed E-state index contributed by atoms with van der Waals surface area (Å²) in [5, 5.41) is 17.9. The molecule has 36 valence electrons. The molecule has 0 atom stereocenters. The van der Waals surface area contributed by atoms with Crippen molar-refractivity contribution in [2.24, 2.45) is 0 Å². The van der Waals surface area contributed by atoms with Gasteiger partial charge in [0.05, 0.1) is 11.9 Å². The number of hydrogen-bond acceptors (Lipinski definition) is 4. The van der Waals surface area contributed by atoms with Crippen LogP contribution in [0.2, 0.25) is 0 Å². The fraction of sp³-hybridized carbons (Fsp3) is 0. The Morgan fingerprint density at radius 3 is 1.14 bits per heavy atom. The van der Waals surface area contributed by atoms with Gasteiger partial charge < -0.3 is 19.8 Å². The minimum atomic E-state index is -2.19. The van der Waals surface area contributed by atoms with Crippen LogP contribution in [0.1, 0.15) is 0 Å². The Labute approximate surface area is 71.2 Å². The molecule has 5 heteroatoms. The summed E-state index contributed by atoms with van der Waals surface area (Å²) in [6.07, 6.45) is 0. The van der Waals surface area contributed by atoms with E-state index in [1.165, 1.54) is 0 Å². The molecule has 0 aromatic rings. The minimum Gasteiger partial charge on any atom is -0.543 e. The quantitative estimate of drug-likeness (QED) is 0.434. The third-order valence-corrected chi connectivity index (χ3v) is 0.167. The van der Waals surface area contributed by atoms with Crippen molar-refractivity contribution in [1.82, 2.24) is 0 Å². The van der Waals surface area contributed by atoms with Crippen molar-refractivity contribution in [1.29, 1.82) is 0 Å². The fourth-order valence-electron chi connectivity index (χ4n) is 0. The molecule has 0 aliphatic rings. The molecule has 0 N–H and O–H groups in total. The number of aliphatic carboxylic acids is 2. The predicted octanol–water partition coefficient (Wildman–Crippen LogP) is -3.51.